The maximum Gasteiger partial charge on any atom is 0.344 e. The van der Waals surface area contributed by atoms with E-state index in [1.807, 2.05) is 20.8 Å². The van der Waals surface area contributed by atoms with Crippen molar-refractivity contribution in [3.8, 4) is 5.75 Å². The SMILES string of the molecule is CC(C)(C)NC(=O)N1CCC[C@H]1COc1cccc2c1C(N)=NS(=O)(=O)N2. The third-order valence-electron chi connectivity index (χ3n) is 4.29. The molecule has 0 radical (unpaired) electrons. The molecule has 0 aromatic heterocycles. The Morgan fingerprint density at radius 3 is 2.89 bits per heavy atom. The minimum atomic E-state index is -3.83. The van der Waals surface area contributed by atoms with Crippen LogP contribution < -0.4 is 20.5 Å². The Balaban J connectivity index is 1.73. The van der Waals surface area contributed by atoms with Crippen LogP contribution in [0.25, 0.3) is 0 Å². The molecule has 9 nitrogen and oxygen atoms in total. The first-order valence-electron chi connectivity index (χ1n) is 8.79. The van der Waals surface area contributed by atoms with Gasteiger partial charge < -0.3 is 20.7 Å². The molecule has 2 aliphatic rings. The van der Waals surface area contributed by atoms with Crippen molar-refractivity contribution in [2.24, 2.45) is 10.1 Å². The molecule has 0 saturated carbocycles. The van der Waals surface area contributed by atoms with Gasteiger partial charge >= 0.3 is 16.2 Å². The molecule has 1 saturated heterocycles. The molecule has 148 valence electrons. The zero-order chi connectivity index (χ0) is 19.8. The van der Waals surface area contributed by atoms with E-state index < -0.39 is 10.2 Å². The van der Waals surface area contributed by atoms with Crippen LogP contribution >= 0.6 is 0 Å². The smallest absolute Gasteiger partial charge is 0.344 e. The van der Waals surface area contributed by atoms with Crippen molar-refractivity contribution in [1.82, 2.24) is 10.2 Å². The van der Waals surface area contributed by atoms with Crippen LogP contribution in [-0.4, -0.2) is 49.9 Å². The van der Waals surface area contributed by atoms with Crippen molar-refractivity contribution >= 4 is 27.8 Å². The quantitative estimate of drug-likeness (QED) is 0.713. The Morgan fingerprint density at radius 1 is 1.44 bits per heavy atom. The van der Waals surface area contributed by atoms with Crippen molar-refractivity contribution in [1.29, 1.82) is 0 Å². The van der Waals surface area contributed by atoms with Crippen LogP contribution in [0.2, 0.25) is 0 Å². The number of ether oxygens (including phenoxy) is 1. The molecular formula is C17H25N5O4S. The zero-order valence-electron chi connectivity index (χ0n) is 15.7. The Kier molecular flexibility index (Phi) is 4.94. The van der Waals surface area contributed by atoms with E-state index in [0.717, 1.165) is 12.8 Å². The summed E-state index contributed by atoms with van der Waals surface area (Å²) in [4.78, 5) is 14.3. The molecule has 0 bridgehead atoms. The number of anilines is 1. The van der Waals surface area contributed by atoms with E-state index in [4.69, 9.17) is 10.5 Å². The van der Waals surface area contributed by atoms with E-state index >= 15 is 0 Å². The van der Waals surface area contributed by atoms with Crippen LogP contribution in [0.5, 0.6) is 5.75 Å². The van der Waals surface area contributed by atoms with Gasteiger partial charge in [0.25, 0.3) is 0 Å². The molecule has 3 rings (SSSR count). The van der Waals surface area contributed by atoms with Gasteiger partial charge in [-0.25, -0.2) is 4.79 Å². The van der Waals surface area contributed by atoms with Gasteiger partial charge in [-0.1, -0.05) is 6.07 Å². The maximum atomic E-state index is 12.5. The third-order valence-corrected chi connectivity index (χ3v) is 5.21. The lowest BCUT2D eigenvalue weighted by Crippen LogP contribution is -2.51. The van der Waals surface area contributed by atoms with Gasteiger partial charge in [0.1, 0.15) is 12.4 Å². The number of urea groups is 1. The average molecular weight is 395 g/mol. The molecule has 1 atom stereocenters. The first kappa shape index (κ1) is 19.3. The van der Waals surface area contributed by atoms with Crippen molar-refractivity contribution in [2.45, 2.75) is 45.2 Å². The van der Waals surface area contributed by atoms with Crippen LogP contribution in [0, 0.1) is 0 Å². The van der Waals surface area contributed by atoms with Gasteiger partial charge in [0.05, 0.1) is 17.3 Å². The highest BCUT2D eigenvalue weighted by molar-refractivity contribution is 7.91. The number of carbonyl (C=O) groups is 1. The number of hydrogen-bond acceptors (Lipinski definition) is 5. The van der Waals surface area contributed by atoms with Gasteiger partial charge in [0.2, 0.25) is 0 Å². The van der Waals surface area contributed by atoms with Gasteiger partial charge in [-0.2, -0.15) is 8.42 Å². The molecular weight excluding hydrogens is 370 g/mol. The summed E-state index contributed by atoms with van der Waals surface area (Å²) in [6.07, 6.45) is 1.74. The van der Waals surface area contributed by atoms with E-state index in [-0.39, 0.29) is 30.1 Å². The number of likely N-dealkylation sites (tertiary alicyclic amines) is 1. The number of fused-ring (bicyclic) bond motifs is 1. The molecule has 0 spiro atoms. The lowest BCUT2D eigenvalue weighted by Gasteiger charge is -2.30. The van der Waals surface area contributed by atoms with Crippen LogP contribution in [-0.2, 0) is 10.2 Å². The number of hydrogen-bond donors (Lipinski definition) is 3. The summed E-state index contributed by atoms with van der Waals surface area (Å²) in [6.45, 7) is 6.77. The molecule has 2 amide bonds. The summed E-state index contributed by atoms with van der Waals surface area (Å²) in [5.74, 6) is 0.312. The molecule has 1 aromatic rings. The maximum absolute atomic E-state index is 12.5. The predicted octanol–water partition coefficient (Wildman–Crippen LogP) is 1.41. The van der Waals surface area contributed by atoms with Crippen molar-refractivity contribution in [2.75, 3.05) is 17.9 Å². The number of benzene rings is 1. The van der Waals surface area contributed by atoms with Gasteiger partial charge in [0, 0.05) is 12.1 Å². The Labute approximate surface area is 159 Å². The predicted molar refractivity (Wildman–Crippen MR) is 103 cm³/mol. The molecule has 0 unspecified atom stereocenters. The van der Waals surface area contributed by atoms with Crippen LogP contribution in [0.4, 0.5) is 10.5 Å². The molecule has 1 fully saturated rings. The molecule has 27 heavy (non-hydrogen) atoms. The van der Waals surface area contributed by atoms with E-state index in [1.165, 1.54) is 0 Å². The second kappa shape index (κ2) is 6.91. The Hall–Kier alpha value is -2.49. The summed E-state index contributed by atoms with van der Waals surface area (Å²) >= 11 is 0. The average Bonchev–Trinajstić information content (AvgIpc) is 2.98. The number of carbonyl (C=O) groups excluding carboxylic acids is 1. The topological polar surface area (TPSA) is 126 Å². The number of nitrogens with zero attached hydrogens (tertiary/aromatic N) is 2. The van der Waals surface area contributed by atoms with Crippen LogP contribution in [0.15, 0.2) is 22.6 Å². The lowest BCUT2D eigenvalue weighted by molar-refractivity contribution is 0.159. The molecule has 0 aliphatic carbocycles. The van der Waals surface area contributed by atoms with E-state index in [1.54, 1.807) is 23.1 Å². The molecule has 4 N–H and O–H groups in total. The summed E-state index contributed by atoms with van der Waals surface area (Å²) in [5.41, 5.74) is 6.25. The molecule has 2 aliphatic heterocycles. The van der Waals surface area contributed by atoms with E-state index in [9.17, 15) is 13.2 Å². The molecule has 1 aromatic carbocycles. The second-order valence-corrected chi connectivity index (χ2v) is 9.05. The highest BCUT2D eigenvalue weighted by atomic mass is 32.2. The number of rotatable bonds is 3. The van der Waals surface area contributed by atoms with E-state index in [2.05, 4.69) is 14.4 Å². The summed E-state index contributed by atoms with van der Waals surface area (Å²) in [5, 5.41) is 2.97. The second-order valence-electron chi connectivity index (χ2n) is 7.71. The lowest BCUT2D eigenvalue weighted by atomic mass is 10.1. The van der Waals surface area contributed by atoms with Crippen LogP contribution in [0.1, 0.15) is 39.2 Å². The first-order valence-corrected chi connectivity index (χ1v) is 10.2. The summed E-state index contributed by atoms with van der Waals surface area (Å²) < 4.78 is 35.1. The number of nitrogens with one attached hydrogen (secondary N) is 2. The van der Waals surface area contributed by atoms with Gasteiger partial charge in [-0.05, 0) is 45.7 Å². The van der Waals surface area contributed by atoms with Gasteiger partial charge in [-0.15, -0.1) is 4.40 Å². The van der Waals surface area contributed by atoms with Crippen molar-refractivity contribution in [3.63, 3.8) is 0 Å². The van der Waals surface area contributed by atoms with Gasteiger partial charge in [0.15, 0.2) is 5.84 Å². The summed E-state index contributed by atoms with van der Waals surface area (Å²) in [7, 11) is -3.83. The number of amidine groups is 1. The van der Waals surface area contributed by atoms with Crippen LogP contribution in [0.3, 0.4) is 0 Å². The number of nitrogens with two attached hydrogens (primary N) is 1. The largest absolute Gasteiger partial charge is 0.491 e. The third kappa shape index (κ3) is 4.44. The molecule has 10 heteroatoms. The number of amides is 2. The normalized spacial score (nSPS) is 21.1. The van der Waals surface area contributed by atoms with Crippen molar-refractivity contribution < 1.29 is 17.9 Å². The highest BCUT2D eigenvalue weighted by Gasteiger charge is 2.32. The minimum absolute atomic E-state index is 0.0679. The fourth-order valence-electron chi connectivity index (χ4n) is 3.19. The fraction of sp³-hybridized carbons (Fsp3) is 0.529. The Bertz CT molecular complexity index is 876. The van der Waals surface area contributed by atoms with E-state index in [0.29, 0.717) is 23.5 Å². The zero-order valence-corrected chi connectivity index (χ0v) is 16.5. The molecule has 2 heterocycles. The standard InChI is InChI=1S/C17H25N5O4S/c1-17(2,3)19-16(23)22-9-5-6-11(22)10-26-13-8-4-7-12-14(13)15(18)21-27(24,25)20-12/h4,7-8,11,20H,5-6,9-10H2,1-3H3,(H2,18,21)(H,19,23)/t11-/m0/s1. The highest BCUT2D eigenvalue weighted by Crippen LogP contribution is 2.31. The van der Waals surface area contributed by atoms with Gasteiger partial charge in [-0.3, -0.25) is 4.72 Å². The minimum Gasteiger partial charge on any atom is -0.491 e. The summed E-state index contributed by atoms with van der Waals surface area (Å²) in [6, 6.07) is 4.79. The monoisotopic (exact) mass is 395 g/mol. The Morgan fingerprint density at radius 2 is 2.19 bits per heavy atom. The first-order chi connectivity index (χ1) is 12.6. The fourth-order valence-corrected chi connectivity index (χ4v) is 4.04. The van der Waals surface area contributed by atoms with Crippen molar-refractivity contribution in [3.05, 3.63) is 23.8 Å².